The van der Waals surface area contributed by atoms with E-state index in [1.54, 1.807) is 0 Å². The number of carboxylic acids is 1. The Hall–Kier alpha value is -1.78. The van der Waals surface area contributed by atoms with Crippen LogP contribution in [-0.4, -0.2) is 23.8 Å². The molecule has 4 nitrogen and oxygen atoms in total. The molecule has 1 aliphatic heterocycles. The lowest BCUT2D eigenvalue weighted by Crippen LogP contribution is -2.36. The van der Waals surface area contributed by atoms with Crippen molar-refractivity contribution in [3.8, 4) is 11.5 Å². The Morgan fingerprint density at radius 3 is 3.00 bits per heavy atom. The number of fused-ring (bicyclic) bond motifs is 1. The Morgan fingerprint density at radius 2 is 2.29 bits per heavy atom. The lowest BCUT2D eigenvalue weighted by Gasteiger charge is -2.23. The molecule has 1 heterocycles. The summed E-state index contributed by atoms with van der Waals surface area (Å²) in [7, 11) is 0. The van der Waals surface area contributed by atoms with Gasteiger partial charge in [-0.05, 0) is 12.1 Å². The average Bonchev–Trinajstić information content (AvgIpc) is 2.16. The molecule has 1 aliphatic rings. The maximum atomic E-state index is 12.7. The molecule has 0 aliphatic carbocycles. The molecule has 1 aromatic carbocycles. The van der Waals surface area contributed by atoms with Crippen LogP contribution in [0.1, 0.15) is 0 Å². The third kappa shape index (κ3) is 1.48. The van der Waals surface area contributed by atoms with Crippen LogP contribution in [0.5, 0.6) is 11.5 Å². The van der Waals surface area contributed by atoms with Crippen molar-refractivity contribution in [3.05, 3.63) is 24.0 Å². The van der Waals surface area contributed by atoms with Gasteiger partial charge in [0.05, 0.1) is 0 Å². The van der Waals surface area contributed by atoms with E-state index >= 15 is 0 Å². The summed E-state index contributed by atoms with van der Waals surface area (Å²) in [6.45, 7) is -0.0615. The number of ether oxygens (including phenoxy) is 2. The molecule has 0 fully saturated rings. The number of carbonyl (C=O) groups is 1. The van der Waals surface area contributed by atoms with E-state index < -0.39 is 17.9 Å². The van der Waals surface area contributed by atoms with E-state index in [1.807, 2.05) is 0 Å². The van der Waals surface area contributed by atoms with E-state index in [-0.39, 0.29) is 12.4 Å². The Kier molecular flexibility index (Phi) is 1.99. The van der Waals surface area contributed by atoms with E-state index in [0.717, 1.165) is 6.07 Å². The zero-order chi connectivity index (χ0) is 10.1. The second-order valence-electron chi connectivity index (χ2n) is 2.85. The number of rotatable bonds is 1. The van der Waals surface area contributed by atoms with Crippen LogP contribution in [-0.2, 0) is 4.79 Å². The molecule has 0 radical (unpaired) electrons. The van der Waals surface area contributed by atoms with Gasteiger partial charge in [-0.2, -0.15) is 0 Å². The number of hydrogen-bond acceptors (Lipinski definition) is 3. The van der Waals surface area contributed by atoms with Gasteiger partial charge in [-0.1, -0.05) is 0 Å². The van der Waals surface area contributed by atoms with E-state index in [9.17, 15) is 9.18 Å². The third-order valence-electron chi connectivity index (χ3n) is 1.84. The van der Waals surface area contributed by atoms with Crippen LogP contribution in [0.25, 0.3) is 0 Å². The first-order valence-electron chi connectivity index (χ1n) is 3.98. The Balaban J connectivity index is 2.29. The third-order valence-corrected chi connectivity index (χ3v) is 1.84. The summed E-state index contributed by atoms with van der Waals surface area (Å²) in [5, 5.41) is 8.63. The molecule has 0 aromatic heterocycles. The summed E-state index contributed by atoms with van der Waals surface area (Å²) < 4.78 is 22.8. The maximum Gasteiger partial charge on any atom is 0.348 e. The normalized spacial score (nSPS) is 19.1. The highest BCUT2D eigenvalue weighted by Crippen LogP contribution is 2.31. The zero-order valence-corrected chi connectivity index (χ0v) is 7.07. The van der Waals surface area contributed by atoms with Gasteiger partial charge in [-0.15, -0.1) is 0 Å². The number of carboxylic acid groups (broad SMARTS) is 1. The predicted molar refractivity (Wildman–Crippen MR) is 43.9 cm³/mol. The molecule has 0 saturated heterocycles. The molecule has 0 saturated carbocycles. The molecule has 2 rings (SSSR count). The number of hydrogen-bond donors (Lipinski definition) is 1. The molecule has 1 N–H and O–H groups in total. The molecule has 14 heavy (non-hydrogen) atoms. The lowest BCUT2D eigenvalue weighted by atomic mass is 10.2. The van der Waals surface area contributed by atoms with Crippen molar-refractivity contribution in [1.82, 2.24) is 0 Å². The van der Waals surface area contributed by atoms with Crippen molar-refractivity contribution in [2.45, 2.75) is 6.10 Å². The molecular formula is C9H7FO4. The fraction of sp³-hybridized carbons (Fsp3) is 0.222. The molecule has 1 aromatic rings. The van der Waals surface area contributed by atoms with Crippen LogP contribution in [0.15, 0.2) is 18.2 Å². The van der Waals surface area contributed by atoms with Crippen LogP contribution in [0.4, 0.5) is 4.39 Å². The van der Waals surface area contributed by atoms with Crippen LogP contribution in [0.3, 0.4) is 0 Å². The predicted octanol–water partition coefficient (Wildman–Crippen LogP) is 1.05. The summed E-state index contributed by atoms with van der Waals surface area (Å²) >= 11 is 0. The first-order valence-corrected chi connectivity index (χ1v) is 3.98. The number of aliphatic carboxylic acids is 1. The smallest absolute Gasteiger partial charge is 0.348 e. The molecule has 0 amide bonds. The number of benzene rings is 1. The molecule has 1 unspecified atom stereocenters. The summed E-state index contributed by atoms with van der Waals surface area (Å²) in [5.41, 5.74) is 0. The maximum absolute atomic E-state index is 12.7. The van der Waals surface area contributed by atoms with Crippen LogP contribution >= 0.6 is 0 Å². The first-order chi connectivity index (χ1) is 6.66. The molecule has 0 spiro atoms. The highest BCUT2D eigenvalue weighted by molar-refractivity contribution is 5.73. The van der Waals surface area contributed by atoms with Crippen LogP contribution < -0.4 is 9.47 Å². The number of halogens is 1. The average molecular weight is 198 g/mol. The van der Waals surface area contributed by atoms with Crippen molar-refractivity contribution < 1.29 is 23.8 Å². The molecule has 1 atom stereocenters. The molecular weight excluding hydrogens is 191 g/mol. The van der Waals surface area contributed by atoms with Gasteiger partial charge >= 0.3 is 5.97 Å². The monoisotopic (exact) mass is 198 g/mol. The Bertz CT molecular complexity index is 377. The van der Waals surface area contributed by atoms with Crippen molar-refractivity contribution in [3.63, 3.8) is 0 Å². The minimum atomic E-state index is -1.13. The van der Waals surface area contributed by atoms with E-state index in [2.05, 4.69) is 0 Å². The first kappa shape index (κ1) is 8.80. The zero-order valence-electron chi connectivity index (χ0n) is 7.07. The molecule has 5 heteroatoms. The van der Waals surface area contributed by atoms with E-state index in [4.69, 9.17) is 14.6 Å². The van der Waals surface area contributed by atoms with E-state index in [0.29, 0.717) is 5.75 Å². The van der Waals surface area contributed by atoms with Crippen LogP contribution in [0.2, 0.25) is 0 Å². The summed E-state index contributed by atoms with van der Waals surface area (Å²) in [6.07, 6.45) is -1.07. The fourth-order valence-corrected chi connectivity index (χ4v) is 1.17. The van der Waals surface area contributed by atoms with Gasteiger partial charge in [0, 0.05) is 6.07 Å². The molecule has 74 valence electrons. The minimum Gasteiger partial charge on any atom is -0.485 e. The van der Waals surface area contributed by atoms with Crippen molar-refractivity contribution in [1.29, 1.82) is 0 Å². The van der Waals surface area contributed by atoms with Gasteiger partial charge < -0.3 is 14.6 Å². The Labute approximate surface area is 78.9 Å². The highest BCUT2D eigenvalue weighted by Gasteiger charge is 2.27. The largest absolute Gasteiger partial charge is 0.485 e. The van der Waals surface area contributed by atoms with Gasteiger partial charge in [0.25, 0.3) is 0 Å². The lowest BCUT2D eigenvalue weighted by molar-refractivity contribution is -0.147. The standard InChI is InChI=1S/C9H7FO4/c10-5-1-2-6-7(3-5)14-8(4-13-6)9(11)12/h1-3,8H,4H2,(H,11,12). The van der Waals surface area contributed by atoms with Gasteiger partial charge in [-0.25, -0.2) is 9.18 Å². The van der Waals surface area contributed by atoms with E-state index in [1.165, 1.54) is 12.1 Å². The topological polar surface area (TPSA) is 55.8 Å². The van der Waals surface area contributed by atoms with Gasteiger partial charge in [0.2, 0.25) is 6.10 Å². The highest BCUT2D eigenvalue weighted by atomic mass is 19.1. The van der Waals surface area contributed by atoms with Crippen molar-refractivity contribution in [2.75, 3.05) is 6.61 Å². The summed E-state index contributed by atoms with van der Waals surface area (Å²) in [5.74, 6) is -1.12. The summed E-state index contributed by atoms with van der Waals surface area (Å²) in [4.78, 5) is 10.6. The fourth-order valence-electron chi connectivity index (χ4n) is 1.17. The van der Waals surface area contributed by atoms with Gasteiger partial charge in [0.1, 0.15) is 12.4 Å². The SMILES string of the molecule is O=C(O)C1COc2ccc(F)cc2O1. The van der Waals surface area contributed by atoms with Crippen molar-refractivity contribution >= 4 is 5.97 Å². The second kappa shape index (κ2) is 3.17. The second-order valence-corrected chi connectivity index (χ2v) is 2.85. The molecule has 0 bridgehead atoms. The Morgan fingerprint density at radius 1 is 1.50 bits per heavy atom. The van der Waals surface area contributed by atoms with Gasteiger partial charge in [0.15, 0.2) is 11.5 Å². The summed E-state index contributed by atoms with van der Waals surface area (Å²) in [6, 6.07) is 3.73. The minimum absolute atomic E-state index is 0.0615. The van der Waals surface area contributed by atoms with Crippen LogP contribution in [0, 0.1) is 5.82 Å². The quantitative estimate of drug-likeness (QED) is 0.732. The van der Waals surface area contributed by atoms with Crippen molar-refractivity contribution in [2.24, 2.45) is 0 Å². The van der Waals surface area contributed by atoms with Gasteiger partial charge in [-0.3, -0.25) is 0 Å².